The van der Waals surface area contributed by atoms with Crippen molar-refractivity contribution in [2.75, 3.05) is 6.26 Å². The quantitative estimate of drug-likeness (QED) is 0.318. The van der Waals surface area contributed by atoms with E-state index in [4.69, 9.17) is 0 Å². The molecule has 0 bridgehead atoms. The summed E-state index contributed by atoms with van der Waals surface area (Å²) in [4.78, 5) is 19.1. The van der Waals surface area contributed by atoms with Gasteiger partial charge < -0.3 is 14.7 Å². The van der Waals surface area contributed by atoms with E-state index in [0.29, 0.717) is 6.26 Å². The summed E-state index contributed by atoms with van der Waals surface area (Å²) in [6.07, 6.45) is 2.41. The van der Waals surface area contributed by atoms with E-state index in [1.54, 1.807) is 0 Å². The fraction of sp³-hybridized carbons (Fsp3) is 0.333. The van der Waals surface area contributed by atoms with Gasteiger partial charge in [-0.05, 0) is 0 Å². The van der Waals surface area contributed by atoms with Gasteiger partial charge in [-0.25, -0.2) is 4.28 Å². The summed E-state index contributed by atoms with van der Waals surface area (Å²) in [5, 5.41) is -0.241. The van der Waals surface area contributed by atoms with Crippen molar-refractivity contribution < 1.29 is 40.8 Å². The van der Waals surface area contributed by atoms with E-state index in [1.807, 2.05) is 0 Å². The third kappa shape index (κ3) is 7.53. The minimum Gasteiger partial charge on any atom is -0.520 e. The van der Waals surface area contributed by atoms with Crippen LogP contribution in [0.4, 0.5) is 0 Å². The van der Waals surface area contributed by atoms with Crippen LogP contribution in [0.2, 0.25) is 0 Å². The Morgan fingerprint density at radius 3 is 1.73 bits per heavy atom. The van der Waals surface area contributed by atoms with Crippen LogP contribution in [0.25, 0.3) is 0 Å². The number of rotatable bonds is 4. The van der Waals surface area contributed by atoms with Crippen LogP contribution in [0.5, 0.6) is 0 Å². The maximum Gasteiger partial charge on any atom is 2.00 e. The van der Waals surface area contributed by atoms with E-state index in [0.717, 1.165) is 12.8 Å². The smallest absolute Gasteiger partial charge is 0.520 e. The number of amides is 2. The molecular formula is C3H3NO5SV. The zero-order chi connectivity index (χ0) is 8.20. The molecule has 61 valence electrons. The molecule has 0 aromatic heterocycles. The first-order valence-corrected chi connectivity index (χ1v) is 3.76. The molecule has 0 saturated carbocycles. The minimum absolute atomic E-state index is 0. The Labute approximate surface area is 75.5 Å². The van der Waals surface area contributed by atoms with Crippen LogP contribution in [-0.2, 0) is 42.5 Å². The van der Waals surface area contributed by atoms with Gasteiger partial charge in [0.1, 0.15) is 0 Å². The standard InChI is InChI=1S/C3H3NO5S.V/c1-10(7,8)9-4(2-5)3-6;/h1H3;/q-2;+2. The van der Waals surface area contributed by atoms with Gasteiger partial charge in [0.05, 0.1) is 6.26 Å². The van der Waals surface area contributed by atoms with Crippen LogP contribution in [0.3, 0.4) is 0 Å². The fourth-order valence-corrected chi connectivity index (χ4v) is 0.516. The van der Waals surface area contributed by atoms with E-state index in [1.165, 1.54) is 0 Å². The molecule has 0 aliphatic rings. The van der Waals surface area contributed by atoms with Gasteiger partial charge in [0.2, 0.25) is 0 Å². The Balaban J connectivity index is 0. The molecule has 1 radical (unpaired) electrons. The maximum absolute atomic E-state index is 10.1. The largest absolute Gasteiger partial charge is 2.00 e. The summed E-state index contributed by atoms with van der Waals surface area (Å²) in [6, 6.07) is 0. The average Bonchev–Trinajstić information content (AvgIpc) is 1.81. The first-order chi connectivity index (χ1) is 4.49. The summed E-state index contributed by atoms with van der Waals surface area (Å²) in [5.74, 6) is 0. The van der Waals surface area contributed by atoms with Gasteiger partial charge in [0, 0.05) is 0 Å². The van der Waals surface area contributed by atoms with E-state index < -0.39 is 10.1 Å². The average molecular weight is 216 g/mol. The van der Waals surface area contributed by atoms with Crippen LogP contribution in [0.15, 0.2) is 0 Å². The summed E-state index contributed by atoms with van der Waals surface area (Å²) < 4.78 is 24.0. The van der Waals surface area contributed by atoms with Crippen molar-refractivity contribution in [2.24, 2.45) is 0 Å². The SMILES string of the molecule is CS(=O)(=O)ON([C-]=O)[C-]=O.[V+2]. The zero-order valence-corrected chi connectivity index (χ0v) is 7.56. The first kappa shape index (κ1) is 13.2. The maximum atomic E-state index is 10.1. The third-order valence-corrected chi connectivity index (χ3v) is 0.796. The Kier molecular flexibility index (Phi) is 6.39. The molecule has 0 aromatic carbocycles. The van der Waals surface area contributed by atoms with Crippen molar-refractivity contribution in [3.05, 3.63) is 0 Å². The molecule has 0 atom stereocenters. The summed E-state index contributed by atoms with van der Waals surface area (Å²) in [6.45, 7) is 0. The Morgan fingerprint density at radius 2 is 1.64 bits per heavy atom. The number of nitrogens with zero attached hydrogens (tertiary/aromatic N) is 1. The first-order valence-electron chi connectivity index (χ1n) is 1.95. The number of imide groups is 1. The molecule has 0 aliphatic heterocycles. The van der Waals surface area contributed by atoms with Crippen molar-refractivity contribution in [3.63, 3.8) is 0 Å². The monoisotopic (exact) mass is 216 g/mol. The Morgan fingerprint density at radius 1 is 1.27 bits per heavy atom. The molecule has 0 heterocycles. The van der Waals surface area contributed by atoms with Crippen molar-refractivity contribution in [2.45, 2.75) is 0 Å². The summed E-state index contributed by atoms with van der Waals surface area (Å²) in [7, 11) is -3.85. The van der Waals surface area contributed by atoms with Gasteiger partial charge in [-0.3, -0.25) is 0 Å². The number of hydroxylamine groups is 2. The molecule has 0 fully saturated rings. The zero-order valence-electron chi connectivity index (χ0n) is 5.34. The van der Waals surface area contributed by atoms with Gasteiger partial charge in [0.15, 0.2) is 0 Å². The molecule has 0 aromatic rings. The van der Waals surface area contributed by atoms with Gasteiger partial charge in [-0.2, -0.15) is 21.2 Å². The van der Waals surface area contributed by atoms with Crippen molar-refractivity contribution in [1.82, 2.24) is 5.06 Å². The molecule has 11 heavy (non-hydrogen) atoms. The molecule has 2 amide bonds. The molecule has 0 unspecified atom stereocenters. The van der Waals surface area contributed by atoms with Crippen molar-refractivity contribution in [1.29, 1.82) is 0 Å². The molecule has 8 heteroatoms. The molecular weight excluding hydrogens is 213 g/mol. The van der Waals surface area contributed by atoms with Crippen LogP contribution in [0, 0.1) is 0 Å². The van der Waals surface area contributed by atoms with E-state index in [-0.39, 0.29) is 23.6 Å². The van der Waals surface area contributed by atoms with Crippen LogP contribution in [-0.4, -0.2) is 32.6 Å². The number of carbonyl (C=O) groups excluding carboxylic acids is 2. The topological polar surface area (TPSA) is 80.8 Å². The van der Waals surface area contributed by atoms with Crippen LogP contribution >= 0.6 is 0 Å². The van der Waals surface area contributed by atoms with Crippen LogP contribution < -0.4 is 0 Å². The van der Waals surface area contributed by atoms with Gasteiger partial charge in [-0.15, -0.1) is 0 Å². The van der Waals surface area contributed by atoms with E-state index >= 15 is 0 Å². The number of hydrogen-bond acceptors (Lipinski definition) is 5. The second-order valence-corrected chi connectivity index (χ2v) is 2.81. The summed E-state index contributed by atoms with van der Waals surface area (Å²) in [5.41, 5.74) is 0. The van der Waals surface area contributed by atoms with Gasteiger partial charge in [0.25, 0.3) is 10.1 Å². The molecule has 0 N–H and O–H groups in total. The van der Waals surface area contributed by atoms with Crippen molar-refractivity contribution in [3.8, 4) is 0 Å². The van der Waals surface area contributed by atoms with Crippen LogP contribution in [0.1, 0.15) is 0 Å². The fourth-order valence-electron chi connectivity index (χ4n) is 0.184. The predicted octanol–water partition coefficient (Wildman–Crippen LogP) is -1.69. The third-order valence-electron chi connectivity index (χ3n) is 0.376. The van der Waals surface area contributed by atoms with E-state index in [2.05, 4.69) is 4.28 Å². The van der Waals surface area contributed by atoms with E-state index in [9.17, 15) is 18.0 Å². The minimum atomic E-state index is -3.85. The second-order valence-electron chi connectivity index (χ2n) is 1.26. The predicted molar refractivity (Wildman–Crippen MR) is 29.2 cm³/mol. The Bertz CT molecular complexity index is 216. The molecule has 0 saturated heterocycles. The van der Waals surface area contributed by atoms with Gasteiger partial charge in [-0.1, -0.05) is 0 Å². The number of hydrogen-bond donors (Lipinski definition) is 0. The summed E-state index contributed by atoms with van der Waals surface area (Å²) >= 11 is 0. The molecule has 6 nitrogen and oxygen atoms in total. The van der Waals surface area contributed by atoms with Crippen molar-refractivity contribution >= 4 is 22.9 Å². The Hall–Kier alpha value is -0.366. The normalized spacial score (nSPS) is 9.55. The van der Waals surface area contributed by atoms with Gasteiger partial charge >= 0.3 is 18.6 Å². The molecule has 0 aliphatic carbocycles. The second kappa shape index (κ2) is 5.31. The molecule has 0 spiro atoms. The molecule has 0 rings (SSSR count).